The van der Waals surface area contributed by atoms with Crippen molar-refractivity contribution in [2.45, 2.75) is 0 Å². The second-order valence-corrected chi connectivity index (χ2v) is 5.68. The van der Waals surface area contributed by atoms with Gasteiger partial charge in [0.05, 0.1) is 0 Å². The van der Waals surface area contributed by atoms with Crippen LogP contribution in [0.4, 0.5) is 5.69 Å². The molecule has 1 fully saturated rings. The molecule has 6 heteroatoms. The predicted octanol–water partition coefficient (Wildman–Crippen LogP) is 2.71. The number of carbonyl (C=O) groups excluding carboxylic acids is 1. The number of amides is 1. The number of aromatic hydroxyl groups is 1. The minimum atomic E-state index is -0.0777. The summed E-state index contributed by atoms with van der Waals surface area (Å²) < 4.78 is 5.87. The molecule has 0 aliphatic carbocycles. The molecule has 1 N–H and O–H groups in total. The summed E-state index contributed by atoms with van der Waals surface area (Å²) in [4.78, 5) is 16.3. The van der Waals surface area contributed by atoms with Crippen molar-refractivity contribution < 1.29 is 14.3 Å². The molecule has 1 aromatic heterocycles. The second-order valence-electron chi connectivity index (χ2n) is 4.90. The van der Waals surface area contributed by atoms with Gasteiger partial charge in [0.15, 0.2) is 10.4 Å². The molecule has 21 heavy (non-hydrogen) atoms. The molecular weight excluding hydrogens is 336 g/mol. The van der Waals surface area contributed by atoms with E-state index in [0.717, 1.165) is 18.8 Å². The zero-order valence-corrected chi connectivity index (χ0v) is 12.9. The predicted molar refractivity (Wildman–Crippen MR) is 82.6 cm³/mol. The first-order valence-electron chi connectivity index (χ1n) is 6.72. The van der Waals surface area contributed by atoms with Crippen molar-refractivity contribution in [1.82, 2.24) is 4.90 Å². The number of phenols is 1. The van der Waals surface area contributed by atoms with Gasteiger partial charge in [-0.25, -0.2) is 0 Å². The Hall–Kier alpha value is -1.95. The molecule has 1 aromatic carbocycles. The van der Waals surface area contributed by atoms with Crippen molar-refractivity contribution in [3.63, 3.8) is 0 Å². The maximum absolute atomic E-state index is 12.3. The maximum atomic E-state index is 12.3. The Morgan fingerprint density at radius 1 is 1.05 bits per heavy atom. The first-order valence-corrected chi connectivity index (χ1v) is 7.51. The van der Waals surface area contributed by atoms with E-state index in [-0.39, 0.29) is 11.7 Å². The molecule has 1 aliphatic heterocycles. The Balaban J connectivity index is 1.62. The quantitative estimate of drug-likeness (QED) is 0.904. The van der Waals surface area contributed by atoms with Crippen LogP contribution in [0, 0.1) is 0 Å². The van der Waals surface area contributed by atoms with E-state index in [1.807, 2.05) is 12.1 Å². The van der Waals surface area contributed by atoms with Crippen LogP contribution in [-0.2, 0) is 0 Å². The van der Waals surface area contributed by atoms with Crippen LogP contribution in [0.5, 0.6) is 5.75 Å². The molecule has 3 rings (SSSR count). The van der Waals surface area contributed by atoms with Gasteiger partial charge in [-0.2, -0.15) is 0 Å². The van der Waals surface area contributed by atoms with E-state index >= 15 is 0 Å². The fourth-order valence-corrected chi connectivity index (χ4v) is 2.72. The van der Waals surface area contributed by atoms with E-state index < -0.39 is 0 Å². The molecule has 0 saturated carbocycles. The van der Waals surface area contributed by atoms with Gasteiger partial charge in [-0.3, -0.25) is 4.79 Å². The van der Waals surface area contributed by atoms with Crippen molar-refractivity contribution in [2.75, 3.05) is 31.1 Å². The number of hydrogen-bond donors (Lipinski definition) is 1. The van der Waals surface area contributed by atoms with Gasteiger partial charge in [-0.1, -0.05) is 0 Å². The number of piperazine rings is 1. The third-order valence-electron chi connectivity index (χ3n) is 3.57. The number of anilines is 1. The van der Waals surface area contributed by atoms with Crippen LogP contribution in [-0.4, -0.2) is 42.1 Å². The summed E-state index contributed by atoms with van der Waals surface area (Å²) in [6.07, 6.45) is 0. The van der Waals surface area contributed by atoms with Crippen LogP contribution in [0.2, 0.25) is 0 Å². The van der Waals surface area contributed by atoms with E-state index in [2.05, 4.69) is 20.8 Å². The van der Waals surface area contributed by atoms with E-state index in [1.165, 1.54) is 0 Å². The lowest BCUT2D eigenvalue weighted by Gasteiger charge is -2.35. The van der Waals surface area contributed by atoms with Gasteiger partial charge in [0.25, 0.3) is 5.91 Å². The summed E-state index contributed by atoms with van der Waals surface area (Å²) in [6, 6.07) is 10.5. The molecule has 1 aliphatic rings. The van der Waals surface area contributed by atoms with Crippen molar-refractivity contribution in [3.8, 4) is 5.75 Å². The lowest BCUT2D eigenvalue weighted by molar-refractivity contribution is 0.0713. The third kappa shape index (κ3) is 3.05. The SMILES string of the molecule is O=C(c1ccc(Br)o1)N1CCN(c2ccc(O)cc2)CC1. The highest BCUT2D eigenvalue weighted by molar-refractivity contribution is 9.10. The fourth-order valence-electron chi connectivity index (χ4n) is 2.42. The summed E-state index contributed by atoms with van der Waals surface area (Å²) >= 11 is 3.20. The third-order valence-corrected chi connectivity index (χ3v) is 3.99. The van der Waals surface area contributed by atoms with E-state index in [1.54, 1.807) is 29.2 Å². The molecule has 0 radical (unpaired) electrons. The normalized spacial score (nSPS) is 15.3. The van der Waals surface area contributed by atoms with Crippen molar-refractivity contribution >= 4 is 27.5 Å². The first-order chi connectivity index (χ1) is 10.1. The smallest absolute Gasteiger partial charge is 0.289 e. The highest BCUT2D eigenvalue weighted by Crippen LogP contribution is 2.21. The number of benzene rings is 1. The van der Waals surface area contributed by atoms with Gasteiger partial charge in [-0.05, 0) is 52.3 Å². The van der Waals surface area contributed by atoms with E-state index in [9.17, 15) is 9.90 Å². The van der Waals surface area contributed by atoms with E-state index in [0.29, 0.717) is 23.5 Å². The summed E-state index contributed by atoms with van der Waals surface area (Å²) in [7, 11) is 0. The van der Waals surface area contributed by atoms with Crippen molar-refractivity contribution in [3.05, 3.63) is 46.8 Å². The van der Waals surface area contributed by atoms with Gasteiger partial charge in [0.1, 0.15) is 5.75 Å². The minimum absolute atomic E-state index is 0.0777. The van der Waals surface area contributed by atoms with Crippen LogP contribution in [0.15, 0.2) is 45.5 Å². The first kappa shape index (κ1) is 14.0. The van der Waals surface area contributed by atoms with Crippen LogP contribution in [0.3, 0.4) is 0 Å². The Morgan fingerprint density at radius 2 is 1.71 bits per heavy atom. The molecule has 5 nitrogen and oxygen atoms in total. The number of nitrogens with zero attached hydrogens (tertiary/aromatic N) is 2. The number of hydrogen-bond acceptors (Lipinski definition) is 4. The molecule has 0 atom stereocenters. The number of carbonyl (C=O) groups is 1. The van der Waals surface area contributed by atoms with Gasteiger partial charge in [-0.15, -0.1) is 0 Å². The standard InChI is InChI=1S/C15H15BrN2O3/c16-14-6-5-13(21-14)15(20)18-9-7-17(8-10-18)11-1-3-12(19)4-2-11/h1-6,19H,7-10H2. The Labute approximate surface area is 130 Å². The zero-order chi connectivity index (χ0) is 14.8. The summed E-state index contributed by atoms with van der Waals surface area (Å²) in [5.41, 5.74) is 1.06. The number of halogens is 1. The van der Waals surface area contributed by atoms with Crippen molar-refractivity contribution in [2.24, 2.45) is 0 Å². The van der Waals surface area contributed by atoms with Gasteiger partial charge >= 0.3 is 0 Å². The van der Waals surface area contributed by atoms with Crippen molar-refractivity contribution in [1.29, 1.82) is 0 Å². The van der Waals surface area contributed by atoms with Gasteiger partial charge in [0, 0.05) is 31.9 Å². The largest absolute Gasteiger partial charge is 0.508 e. The number of furan rings is 1. The molecule has 1 amide bonds. The highest BCUT2D eigenvalue weighted by atomic mass is 79.9. The van der Waals surface area contributed by atoms with Crippen LogP contribution < -0.4 is 4.90 Å². The molecule has 0 spiro atoms. The highest BCUT2D eigenvalue weighted by Gasteiger charge is 2.24. The number of phenolic OH excluding ortho intramolecular Hbond substituents is 1. The molecule has 110 valence electrons. The molecule has 0 bridgehead atoms. The molecular formula is C15H15BrN2O3. The fraction of sp³-hybridized carbons (Fsp3) is 0.267. The lowest BCUT2D eigenvalue weighted by Crippen LogP contribution is -2.48. The van der Waals surface area contributed by atoms with E-state index in [4.69, 9.17) is 4.42 Å². The zero-order valence-electron chi connectivity index (χ0n) is 11.3. The summed E-state index contributed by atoms with van der Waals surface area (Å²) in [6.45, 7) is 2.83. The molecule has 1 saturated heterocycles. The van der Waals surface area contributed by atoms with Gasteiger partial charge < -0.3 is 19.3 Å². The summed E-state index contributed by atoms with van der Waals surface area (Å²) in [5.74, 6) is 0.543. The Bertz CT molecular complexity index is 631. The Kier molecular flexibility index (Phi) is 3.88. The average Bonchev–Trinajstić information content (AvgIpc) is 2.94. The lowest BCUT2D eigenvalue weighted by atomic mass is 10.2. The minimum Gasteiger partial charge on any atom is -0.508 e. The van der Waals surface area contributed by atoms with Crippen LogP contribution in [0.25, 0.3) is 0 Å². The molecule has 2 aromatic rings. The number of rotatable bonds is 2. The molecule has 2 heterocycles. The topological polar surface area (TPSA) is 56.9 Å². The van der Waals surface area contributed by atoms with Crippen LogP contribution in [0.1, 0.15) is 10.6 Å². The second kappa shape index (κ2) is 5.81. The van der Waals surface area contributed by atoms with Crippen LogP contribution >= 0.6 is 15.9 Å². The summed E-state index contributed by atoms with van der Waals surface area (Å²) in [5, 5.41) is 9.31. The van der Waals surface area contributed by atoms with Gasteiger partial charge in [0.2, 0.25) is 0 Å². The maximum Gasteiger partial charge on any atom is 0.289 e. The molecule has 0 unspecified atom stereocenters. The monoisotopic (exact) mass is 350 g/mol. The average molecular weight is 351 g/mol. The Morgan fingerprint density at radius 3 is 2.29 bits per heavy atom.